The highest BCUT2D eigenvalue weighted by atomic mass is 16.4. The molecule has 0 aliphatic carbocycles. The maximum absolute atomic E-state index is 13.6. The fraction of sp³-hybridized carbons (Fsp3) is 0.733. The van der Waals surface area contributed by atoms with Crippen molar-refractivity contribution < 1.29 is 43.8 Å². The summed E-state index contributed by atoms with van der Waals surface area (Å²) in [7, 11) is 0. The zero-order valence-electron chi connectivity index (χ0n) is 29.0. The molecule has 20 nitrogen and oxygen atoms in total. The molecule has 1 rings (SSSR count). The third kappa shape index (κ3) is 14.9. The summed E-state index contributed by atoms with van der Waals surface area (Å²) in [5.41, 5.74) is 21.9. The first kappa shape index (κ1) is 43.5. The Morgan fingerprint density at radius 2 is 1.56 bits per heavy atom. The van der Waals surface area contributed by atoms with Crippen LogP contribution in [-0.2, 0) is 33.6 Å². The molecule has 6 atom stereocenters. The Labute approximate surface area is 291 Å². The molecule has 6 amide bonds. The van der Waals surface area contributed by atoms with Crippen molar-refractivity contribution in [2.75, 3.05) is 32.8 Å². The number of carbonyl (C=O) groups is 7. The van der Waals surface area contributed by atoms with Crippen molar-refractivity contribution in [3.05, 3.63) is 0 Å². The molecule has 50 heavy (non-hydrogen) atoms. The summed E-state index contributed by atoms with van der Waals surface area (Å²) < 4.78 is 0. The molecular weight excluding hydrogens is 658 g/mol. The molecular formula is C30H55N11O9. The fourth-order valence-electron chi connectivity index (χ4n) is 5.08. The van der Waals surface area contributed by atoms with Gasteiger partial charge in [-0.2, -0.15) is 0 Å². The summed E-state index contributed by atoms with van der Waals surface area (Å²) in [6, 6.07) is -6.71. The number of nitrogens with two attached hydrogens (primary N) is 4. The molecule has 1 aliphatic heterocycles. The number of carboxylic acids is 1. The molecule has 0 bridgehead atoms. The lowest BCUT2D eigenvalue weighted by molar-refractivity contribution is -0.145. The number of nitrogens with zero attached hydrogens (tertiary/aromatic N) is 2. The van der Waals surface area contributed by atoms with Gasteiger partial charge in [0.25, 0.3) is 0 Å². The number of hydrogen-bond donors (Lipinski definition) is 11. The van der Waals surface area contributed by atoms with Crippen molar-refractivity contribution in [2.45, 2.75) is 102 Å². The highest BCUT2D eigenvalue weighted by Gasteiger charge is 2.39. The van der Waals surface area contributed by atoms with Gasteiger partial charge < -0.3 is 64.6 Å². The maximum atomic E-state index is 13.6. The van der Waals surface area contributed by atoms with Crippen LogP contribution in [0.5, 0.6) is 0 Å². The smallest absolute Gasteiger partial charge is 0.326 e. The van der Waals surface area contributed by atoms with E-state index in [1.807, 2.05) is 0 Å². The van der Waals surface area contributed by atoms with E-state index in [-0.39, 0.29) is 31.9 Å². The van der Waals surface area contributed by atoms with Gasteiger partial charge in [-0.25, -0.2) is 4.79 Å². The minimum atomic E-state index is -1.48. The van der Waals surface area contributed by atoms with E-state index in [4.69, 9.17) is 22.9 Å². The average molecular weight is 714 g/mol. The second-order valence-electron chi connectivity index (χ2n) is 12.4. The fourth-order valence-corrected chi connectivity index (χ4v) is 5.08. The van der Waals surface area contributed by atoms with Crippen LogP contribution in [0.15, 0.2) is 4.99 Å². The van der Waals surface area contributed by atoms with Crippen LogP contribution >= 0.6 is 0 Å². The number of aliphatic hydroxyl groups excluding tert-OH is 1. The first-order valence-electron chi connectivity index (χ1n) is 16.7. The minimum Gasteiger partial charge on any atom is -0.480 e. The molecule has 20 heteroatoms. The Morgan fingerprint density at radius 1 is 0.880 bits per heavy atom. The van der Waals surface area contributed by atoms with Crippen molar-refractivity contribution >= 4 is 47.4 Å². The first-order valence-corrected chi connectivity index (χ1v) is 16.7. The zero-order valence-corrected chi connectivity index (χ0v) is 29.0. The standard InChI is InChI=1S/C30H55N11O9/c1-16(2)23(29(49)50)40-27(47)21-10-7-13-41(21)28(48)19(9-4-5-11-31)38-22(43)14-36-26(46)20(15-42)39-24(44)17(3)37-25(45)18(32)8-6-12-35-30(33)34/h16-21,23,42H,4-15,31-32H2,1-3H3,(H,36,46)(H,37,45)(H,38,43)(H,39,44)(H,40,47)(H,49,50)(H4,33,34,35)/t17-,18-,19-,20-,21-,23-/m0/s1. The van der Waals surface area contributed by atoms with Gasteiger partial charge in [-0.3, -0.25) is 33.8 Å². The Bertz CT molecular complexity index is 1210. The summed E-state index contributed by atoms with van der Waals surface area (Å²) in [6.45, 7) is 4.03. The van der Waals surface area contributed by atoms with Gasteiger partial charge in [-0.05, 0) is 64.3 Å². The Kier molecular flexibility index (Phi) is 19.3. The summed E-state index contributed by atoms with van der Waals surface area (Å²) >= 11 is 0. The first-order chi connectivity index (χ1) is 23.5. The summed E-state index contributed by atoms with van der Waals surface area (Å²) in [5, 5.41) is 31.3. The number of aliphatic hydroxyl groups is 1. The molecule has 0 radical (unpaired) electrons. The molecule has 0 saturated carbocycles. The molecule has 0 aromatic heterocycles. The summed E-state index contributed by atoms with van der Waals surface area (Å²) in [4.78, 5) is 93.9. The Morgan fingerprint density at radius 3 is 2.14 bits per heavy atom. The predicted octanol–water partition coefficient (Wildman–Crippen LogP) is -4.70. The zero-order chi connectivity index (χ0) is 38.0. The Hall–Kier alpha value is -4.56. The van der Waals surface area contributed by atoms with Crippen LogP contribution in [0.2, 0.25) is 0 Å². The van der Waals surface area contributed by atoms with Crippen molar-refractivity contribution in [1.29, 1.82) is 0 Å². The van der Waals surface area contributed by atoms with E-state index in [0.717, 1.165) is 0 Å². The van der Waals surface area contributed by atoms with Gasteiger partial charge in [-0.1, -0.05) is 13.8 Å². The maximum Gasteiger partial charge on any atom is 0.326 e. The van der Waals surface area contributed by atoms with Gasteiger partial charge in [0.15, 0.2) is 5.96 Å². The molecule has 0 aromatic carbocycles. The third-order valence-electron chi connectivity index (χ3n) is 7.94. The lowest BCUT2D eigenvalue weighted by Crippen LogP contribution is -2.57. The van der Waals surface area contributed by atoms with E-state index in [0.29, 0.717) is 38.6 Å². The number of aliphatic carboxylic acids is 1. The van der Waals surface area contributed by atoms with Crippen molar-refractivity contribution in [1.82, 2.24) is 31.5 Å². The predicted molar refractivity (Wildman–Crippen MR) is 181 cm³/mol. The second kappa shape index (κ2) is 22.2. The second-order valence-corrected chi connectivity index (χ2v) is 12.4. The number of carbonyl (C=O) groups excluding carboxylic acids is 6. The largest absolute Gasteiger partial charge is 0.480 e. The van der Waals surface area contributed by atoms with E-state index in [2.05, 4.69) is 31.6 Å². The van der Waals surface area contributed by atoms with Crippen LogP contribution in [-0.4, -0.2) is 132 Å². The van der Waals surface area contributed by atoms with Crippen molar-refractivity contribution in [3.8, 4) is 0 Å². The number of hydrogen-bond acceptors (Lipinski definition) is 11. The SMILES string of the molecule is CC(C)[C@H](NC(=O)[C@@H]1CCCN1C(=O)[C@H](CCCCN)NC(=O)CNC(=O)[C@H](CO)NC(=O)[C@H](C)NC(=O)[C@@H](N)CCCN=C(N)N)C(=O)O. The topological polar surface area (TPSA) is 340 Å². The number of unbranched alkanes of at least 4 members (excludes halogenated alkanes) is 1. The number of likely N-dealkylation sites (tertiary alicyclic amines) is 1. The quantitative estimate of drug-likeness (QED) is 0.0286. The minimum absolute atomic E-state index is 0.0935. The summed E-state index contributed by atoms with van der Waals surface area (Å²) in [5.74, 6) is -5.94. The van der Waals surface area contributed by atoms with Gasteiger partial charge in [0.05, 0.1) is 19.2 Å². The molecule has 1 aliphatic rings. The van der Waals surface area contributed by atoms with Gasteiger partial charge >= 0.3 is 5.97 Å². The van der Waals surface area contributed by atoms with E-state index in [1.54, 1.807) is 13.8 Å². The lowest BCUT2D eigenvalue weighted by atomic mass is 10.0. The third-order valence-corrected chi connectivity index (χ3v) is 7.94. The highest BCUT2D eigenvalue weighted by Crippen LogP contribution is 2.20. The molecule has 1 heterocycles. The molecule has 0 unspecified atom stereocenters. The van der Waals surface area contributed by atoms with Crippen molar-refractivity contribution in [3.63, 3.8) is 0 Å². The number of rotatable bonds is 22. The number of nitrogens with one attached hydrogen (secondary N) is 5. The van der Waals surface area contributed by atoms with Crippen LogP contribution < -0.4 is 49.5 Å². The van der Waals surface area contributed by atoms with Crippen LogP contribution in [0.4, 0.5) is 0 Å². The van der Waals surface area contributed by atoms with E-state index in [1.165, 1.54) is 11.8 Å². The van der Waals surface area contributed by atoms with Gasteiger partial charge in [0, 0.05) is 13.1 Å². The van der Waals surface area contributed by atoms with Crippen LogP contribution in [0.1, 0.15) is 65.7 Å². The molecule has 0 aromatic rings. The monoisotopic (exact) mass is 713 g/mol. The van der Waals surface area contributed by atoms with E-state index >= 15 is 0 Å². The van der Waals surface area contributed by atoms with Gasteiger partial charge in [-0.15, -0.1) is 0 Å². The lowest BCUT2D eigenvalue weighted by Gasteiger charge is -2.30. The number of guanidine groups is 1. The highest BCUT2D eigenvalue weighted by molar-refractivity contribution is 5.96. The number of aliphatic imine (C=N–C) groups is 1. The molecule has 1 fully saturated rings. The van der Waals surface area contributed by atoms with Gasteiger partial charge in [0.1, 0.15) is 30.2 Å². The van der Waals surface area contributed by atoms with E-state index < -0.39 is 96.7 Å². The number of amides is 6. The van der Waals surface area contributed by atoms with Crippen LogP contribution in [0.3, 0.4) is 0 Å². The normalized spacial score (nSPS) is 17.0. The van der Waals surface area contributed by atoms with Crippen LogP contribution in [0.25, 0.3) is 0 Å². The molecule has 1 saturated heterocycles. The summed E-state index contributed by atoms with van der Waals surface area (Å²) in [6.07, 6.45) is 2.66. The van der Waals surface area contributed by atoms with Crippen LogP contribution in [0, 0.1) is 5.92 Å². The number of carboxylic acid groups (broad SMARTS) is 1. The molecule has 15 N–H and O–H groups in total. The van der Waals surface area contributed by atoms with Gasteiger partial charge in [0.2, 0.25) is 35.4 Å². The Balaban J connectivity index is 2.79. The average Bonchev–Trinajstić information content (AvgIpc) is 3.55. The van der Waals surface area contributed by atoms with E-state index in [9.17, 15) is 43.8 Å². The molecule has 0 spiro atoms. The molecule has 284 valence electrons. The van der Waals surface area contributed by atoms with Crippen molar-refractivity contribution in [2.24, 2.45) is 33.8 Å².